The van der Waals surface area contributed by atoms with Gasteiger partial charge in [0.25, 0.3) is 0 Å². The zero-order chi connectivity index (χ0) is 14.7. The minimum Gasteiger partial charge on any atom is -0.313 e. The first-order valence-electron chi connectivity index (χ1n) is 7.76. The number of halogens is 1. The van der Waals surface area contributed by atoms with E-state index in [0.29, 0.717) is 6.04 Å². The smallest absolute Gasteiger partial charge is 0.126 e. The Kier molecular flexibility index (Phi) is 4.35. The fraction of sp³-hybridized carbons (Fsp3) is 0.368. The average molecular weight is 283 g/mol. The van der Waals surface area contributed by atoms with Crippen LogP contribution in [-0.4, -0.2) is 12.6 Å². The lowest BCUT2D eigenvalue weighted by molar-refractivity contribution is 0.536. The highest BCUT2D eigenvalue weighted by atomic mass is 19.1. The van der Waals surface area contributed by atoms with E-state index in [2.05, 4.69) is 36.5 Å². The van der Waals surface area contributed by atoms with Gasteiger partial charge in [-0.3, -0.25) is 0 Å². The molecule has 2 heteroatoms. The molecule has 2 aromatic rings. The van der Waals surface area contributed by atoms with E-state index in [1.807, 2.05) is 12.1 Å². The second-order valence-corrected chi connectivity index (χ2v) is 6.09. The Bertz CT molecular complexity index is 587. The van der Waals surface area contributed by atoms with Crippen LogP contribution in [-0.2, 0) is 6.42 Å². The van der Waals surface area contributed by atoms with Crippen LogP contribution in [0.15, 0.2) is 48.5 Å². The van der Waals surface area contributed by atoms with Crippen molar-refractivity contribution >= 4 is 0 Å². The van der Waals surface area contributed by atoms with Gasteiger partial charge in [-0.25, -0.2) is 4.39 Å². The Morgan fingerprint density at radius 1 is 1.10 bits per heavy atom. The topological polar surface area (TPSA) is 12.0 Å². The standard InChI is InChI=1S/C19H22FN/c1-14-6-8-15(9-7-14)12-16(13-21-17-10-11-17)18-4-2-3-5-19(18)20/h2-9,16-17,21H,10-13H2,1H3. The molecule has 1 saturated carbocycles. The van der Waals surface area contributed by atoms with Crippen molar-refractivity contribution in [2.24, 2.45) is 0 Å². The lowest BCUT2D eigenvalue weighted by Gasteiger charge is -2.19. The van der Waals surface area contributed by atoms with E-state index in [1.54, 1.807) is 12.1 Å². The van der Waals surface area contributed by atoms with Gasteiger partial charge in [0, 0.05) is 18.5 Å². The highest BCUT2D eigenvalue weighted by Gasteiger charge is 2.23. The number of hydrogen-bond donors (Lipinski definition) is 1. The van der Waals surface area contributed by atoms with Crippen LogP contribution in [0.25, 0.3) is 0 Å². The maximum Gasteiger partial charge on any atom is 0.126 e. The van der Waals surface area contributed by atoms with Crippen LogP contribution >= 0.6 is 0 Å². The average Bonchev–Trinajstić information content (AvgIpc) is 3.30. The zero-order valence-electron chi connectivity index (χ0n) is 12.5. The molecule has 1 nitrogen and oxygen atoms in total. The van der Waals surface area contributed by atoms with Crippen molar-refractivity contribution < 1.29 is 4.39 Å². The van der Waals surface area contributed by atoms with Crippen molar-refractivity contribution in [1.29, 1.82) is 0 Å². The molecule has 1 N–H and O–H groups in total. The van der Waals surface area contributed by atoms with Crippen molar-refractivity contribution in [3.8, 4) is 0 Å². The van der Waals surface area contributed by atoms with Crippen LogP contribution in [0, 0.1) is 12.7 Å². The second-order valence-electron chi connectivity index (χ2n) is 6.09. The molecule has 1 fully saturated rings. The summed E-state index contributed by atoms with van der Waals surface area (Å²) in [7, 11) is 0. The molecule has 0 spiro atoms. The van der Waals surface area contributed by atoms with Gasteiger partial charge in [-0.2, -0.15) is 0 Å². The summed E-state index contributed by atoms with van der Waals surface area (Å²) in [6.07, 6.45) is 3.39. The van der Waals surface area contributed by atoms with E-state index in [0.717, 1.165) is 18.5 Å². The summed E-state index contributed by atoms with van der Waals surface area (Å²) in [5.41, 5.74) is 3.36. The van der Waals surface area contributed by atoms with Crippen molar-refractivity contribution in [2.45, 2.75) is 38.1 Å². The molecule has 3 rings (SSSR count). The molecular formula is C19H22FN. The third kappa shape index (κ3) is 3.92. The molecule has 1 unspecified atom stereocenters. The first kappa shape index (κ1) is 14.3. The zero-order valence-corrected chi connectivity index (χ0v) is 12.5. The summed E-state index contributed by atoms with van der Waals surface area (Å²) in [6, 6.07) is 16.4. The maximum absolute atomic E-state index is 14.1. The van der Waals surface area contributed by atoms with Crippen LogP contribution in [0.5, 0.6) is 0 Å². The van der Waals surface area contributed by atoms with E-state index in [9.17, 15) is 4.39 Å². The third-order valence-electron chi connectivity index (χ3n) is 4.18. The Morgan fingerprint density at radius 2 is 1.81 bits per heavy atom. The van der Waals surface area contributed by atoms with Gasteiger partial charge in [0.15, 0.2) is 0 Å². The van der Waals surface area contributed by atoms with Gasteiger partial charge in [0.2, 0.25) is 0 Å². The molecular weight excluding hydrogens is 261 g/mol. The summed E-state index contributed by atoms with van der Waals surface area (Å²) < 4.78 is 14.1. The molecule has 0 aromatic heterocycles. The predicted molar refractivity (Wildman–Crippen MR) is 85.0 cm³/mol. The number of hydrogen-bond acceptors (Lipinski definition) is 1. The van der Waals surface area contributed by atoms with Gasteiger partial charge < -0.3 is 5.32 Å². The summed E-state index contributed by atoms with van der Waals surface area (Å²) in [6.45, 7) is 2.94. The Labute approximate surface area is 126 Å². The SMILES string of the molecule is Cc1ccc(CC(CNC2CC2)c2ccccc2F)cc1. The van der Waals surface area contributed by atoms with Crippen LogP contribution in [0.1, 0.15) is 35.4 Å². The van der Waals surface area contributed by atoms with Crippen molar-refractivity contribution in [2.75, 3.05) is 6.54 Å². The molecule has 1 atom stereocenters. The van der Waals surface area contributed by atoms with Gasteiger partial charge in [0.1, 0.15) is 5.82 Å². The van der Waals surface area contributed by atoms with Crippen LogP contribution in [0.3, 0.4) is 0 Å². The number of aryl methyl sites for hydroxylation is 1. The van der Waals surface area contributed by atoms with Crippen LogP contribution in [0.4, 0.5) is 4.39 Å². The highest BCUT2D eigenvalue weighted by molar-refractivity contribution is 5.27. The van der Waals surface area contributed by atoms with E-state index in [4.69, 9.17) is 0 Å². The molecule has 0 amide bonds. The normalized spacial score (nSPS) is 15.9. The Morgan fingerprint density at radius 3 is 2.48 bits per heavy atom. The Balaban J connectivity index is 1.77. The van der Waals surface area contributed by atoms with E-state index < -0.39 is 0 Å². The fourth-order valence-electron chi connectivity index (χ4n) is 2.70. The minimum absolute atomic E-state index is 0.0905. The highest BCUT2D eigenvalue weighted by Crippen LogP contribution is 2.25. The molecule has 0 aliphatic heterocycles. The number of nitrogens with one attached hydrogen (secondary N) is 1. The maximum atomic E-state index is 14.1. The quantitative estimate of drug-likeness (QED) is 0.837. The van der Waals surface area contributed by atoms with Crippen molar-refractivity contribution in [3.05, 3.63) is 71.0 Å². The van der Waals surface area contributed by atoms with E-state index in [-0.39, 0.29) is 11.7 Å². The molecule has 21 heavy (non-hydrogen) atoms. The lowest BCUT2D eigenvalue weighted by atomic mass is 9.91. The van der Waals surface area contributed by atoms with E-state index in [1.165, 1.54) is 24.0 Å². The minimum atomic E-state index is -0.0905. The largest absolute Gasteiger partial charge is 0.313 e. The molecule has 2 aromatic carbocycles. The molecule has 0 bridgehead atoms. The molecule has 0 radical (unpaired) electrons. The Hall–Kier alpha value is -1.67. The molecule has 110 valence electrons. The molecule has 1 aliphatic rings. The van der Waals surface area contributed by atoms with Crippen molar-refractivity contribution in [1.82, 2.24) is 5.32 Å². The van der Waals surface area contributed by atoms with Crippen LogP contribution in [0.2, 0.25) is 0 Å². The molecule has 1 aliphatic carbocycles. The second kappa shape index (κ2) is 6.40. The summed E-state index contributed by atoms with van der Waals surface area (Å²) >= 11 is 0. The monoisotopic (exact) mass is 283 g/mol. The lowest BCUT2D eigenvalue weighted by Crippen LogP contribution is -2.25. The summed E-state index contributed by atoms with van der Waals surface area (Å²) in [5, 5.41) is 3.55. The summed E-state index contributed by atoms with van der Waals surface area (Å²) in [5.74, 6) is 0.0988. The number of rotatable bonds is 6. The van der Waals surface area contributed by atoms with Gasteiger partial charge >= 0.3 is 0 Å². The van der Waals surface area contributed by atoms with Gasteiger partial charge in [-0.15, -0.1) is 0 Å². The first-order valence-corrected chi connectivity index (χ1v) is 7.76. The van der Waals surface area contributed by atoms with E-state index >= 15 is 0 Å². The summed E-state index contributed by atoms with van der Waals surface area (Å²) in [4.78, 5) is 0. The fourth-order valence-corrected chi connectivity index (χ4v) is 2.70. The number of benzene rings is 2. The van der Waals surface area contributed by atoms with Crippen LogP contribution < -0.4 is 5.32 Å². The predicted octanol–water partition coefficient (Wildman–Crippen LogP) is 4.21. The molecule has 0 saturated heterocycles. The van der Waals surface area contributed by atoms with Gasteiger partial charge in [-0.1, -0.05) is 48.0 Å². The van der Waals surface area contributed by atoms with Gasteiger partial charge in [-0.05, 0) is 43.4 Å². The third-order valence-corrected chi connectivity index (χ3v) is 4.18. The molecule has 0 heterocycles. The van der Waals surface area contributed by atoms with Gasteiger partial charge in [0.05, 0.1) is 0 Å². The van der Waals surface area contributed by atoms with Crippen molar-refractivity contribution in [3.63, 3.8) is 0 Å². The first-order chi connectivity index (χ1) is 10.2.